The van der Waals surface area contributed by atoms with Gasteiger partial charge < -0.3 is 5.32 Å². The molecule has 0 fully saturated rings. The third-order valence-corrected chi connectivity index (χ3v) is 3.85. The first-order valence-electron chi connectivity index (χ1n) is 7.65. The molecule has 0 aliphatic heterocycles. The van der Waals surface area contributed by atoms with Crippen molar-refractivity contribution in [3.05, 3.63) is 53.6 Å². The summed E-state index contributed by atoms with van der Waals surface area (Å²) in [4.78, 5) is 16.5. The van der Waals surface area contributed by atoms with Crippen molar-refractivity contribution in [3.8, 4) is 11.3 Å². The number of carbonyl (C=O) groups excluding carboxylic acids is 1. The number of fused-ring (bicyclic) bond motifs is 1. The minimum absolute atomic E-state index is 0.0936. The SMILES string of the molecule is Cc1cc(-c2cccc(F)c2)nc2c(C(=O)N[C@H](C)C(F)(F)F)cnn12. The molecule has 1 atom stereocenters. The first-order valence-corrected chi connectivity index (χ1v) is 7.65. The lowest BCUT2D eigenvalue weighted by Gasteiger charge is -2.16. The number of alkyl halides is 3. The molecule has 1 aromatic carbocycles. The molecule has 1 N–H and O–H groups in total. The lowest BCUT2D eigenvalue weighted by molar-refractivity contribution is -0.149. The van der Waals surface area contributed by atoms with E-state index in [1.807, 2.05) is 5.32 Å². The fourth-order valence-corrected chi connectivity index (χ4v) is 2.43. The largest absolute Gasteiger partial charge is 0.408 e. The van der Waals surface area contributed by atoms with Crippen LogP contribution < -0.4 is 5.32 Å². The summed E-state index contributed by atoms with van der Waals surface area (Å²) in [7, 11) is 0. The van der Waals surface area contributed by atoms with Crippen molar-refractivity contribution in [2.24, 2.45) is 0 Å². The Bertz CT molecular complexity index is 981. The molecule has 0 bridgehead atoms. The number of hydrogen-bond acceptors (Lipinski definition) is 3. The van der Waals surface area contributed by atoms with Gasteiger partial charge in [-0.3, -0.25) is 4.79 Å². The number of nitrogens with one attached hydrogen (secondary N) is 1. The van der Waals surface area contributed by atoms with Gasteiger partial charge in [-0.2, -0.15) is 18.3 Å². The minimum Gasteiger partial charge on any atom is -0.340 e. The van der Waals surface area contributed by atoms with Crippen molar-refractivity contribution in [1.82, 2.24) is 19.9 Å². The molecule has 26 heavy (non-hydrogen) atoms. The molecule has 5 nitrogen and oxygen atoms in total. The number of amides is 1. The zero-order valence-corrected chi connectivity index (χ0v) is 13.8. The third-order valence-electron chi connectivity index (χ3n) is 3.85. The van der Waals surface area contributed by atoms with E-state index in [0.29, 0.717) is 17.0 Å². The molecule has 0 spiro atoms. The maximum atomic E-state index is 13.5. The second kappa shape index (κ2) is 6.40. The Balaban J connectivity index is 2.04. The molecule has 0 radical (unpaired) electrons. The van der Waals surface area contributed by atoms with Crippen LogP contribution in [0.25, 0.3) is 16.9 Å². The highest BCUT2D eigenvalue weighted by molar-refractivity contribution is 6.00. The van der Waals surface area contributed by atoms with Crippen LogP contribution in [0, 0.1) is 12.7 Å². The van der Waals surface area contributed by atoms with Crippen LogP contribution in [0.15, 0.2) is 36.5 Å². The van der Waals surface area contributed by atoms with Gasteiger partial charge in [-0.1, -0.05) is 12.1 Å². The molecule has 0 unspecified atom stereocenters. The van der Waals surface area contributed by atoms with Crippen LogP contribution in [0.5, 0.6) is 0 Å². The van der Waals surface area contributed by atoms with Gasteiger partial charge in [0.2, 0.25) is 0 Å². The molecule has 9 heteroatoms. The Morgan fingerprint density at radius 2 is 2.00 bits per heavy atom. The van der Waals surface area contributed by atoms with Gasteiger partial charge in [-0.15, -0.1) is 0 Å². The summed E-state index contributed by atoms with van der Waals surface area (Å²) < 4.78 is 52.8. The summed E-state index contributed by atoms with van der Waals surface area (Å²) in [5.74, 6) is -1.39. The molecule has 136 valence electrons. The monoisotopic (exact) mass is 366 g/mol. The Morgan fingerprint density at radius 1 is 1.27 bits per heavy atom. The summed E-state index contributed by atoms with van der Waals surface area (Å²) in [6.45, 7) is 2.55. The van der Waals surface area contributed by atoms with E-state index in [-0.39, 0.29) is 11.2 Å². The van der Waals surface area contributed by atoms with E-state index in [9.17, 15) is 22.4 Å². The van der Waals surface area contributed by atoms with Crippen LogP contribution in [0.4, 0.5) is 17.6 Å². The second-order valence-corrected chi connectivity index (χ2v) is 5.82. The Labute approximate surface area is 145 Å². The van der Waals surface area contributed by atoms with Gasteiger partial charge in [0.25, 0.3) is 5.91 Å². The fraction of sp³-hybridized carbons (Fsp3) is 0.235. The van der Waals surface area contributed by atoms with Gasteiger partial charge in [0, 0.05) is 11.3 Å². The highest BCUT2D eigenvalue weighted by Gasteiger charge is 2.37. The summed E-state index contributed by atoms with van der Waals surface area (Å²) in [5.41, 5.74) is 1.45. The van der Waals surface area contributed by atoms with E-state index in [1.54, 1.807) is 19.1 Å². The average molecular weight is 366 g/mol. The normalized spacial score (nSPS) is 13.0. The van der Waals surface area contributed by atoms with E-state index >= 15 is 0 Å². The zero-order chi connectivity index (χ0) is 19.1. The van der Waals surface area contributed by atoms with E-state index in [1.165, 1.54) is 22.7 Å². The van der Waals surface area contributed by atoms with Crippen molar-refractivity contribution in [2.75, 3.05) is 0 Å². The number of rotatable bonds is 3. The highest BCUT2D eigenvalue weighted by Crippen LogP contribution is 2.23. The standard InChI is InChI=1S/C17H14F4N4O/c1-9-6-14(11-4-3-5-12(18)7-11)24-15-13(8-22-25(9)15)16(26)23-10(2)17(19,20)21/h3-8,10H,1-2H3,(H,23,26)/t10-/m1/s1. The number of halogens is 4. The van der Waals surface area contributed by atoms with Crippen LogP contribution in [0.3, 0.4) is 0 Å². The minimum atomic E-state index is -4.56. The quantitative estimate of drug-likeness (QED) is 0.722. The molecule has 3 rings (SSSR count). The van der Waals surface area contributed by atoms with Gasteiger partial charge in [-0.25, -0.2) is 13.9 Å². The lowest BCUT2D eigenvalue weighted by Crippen LogP contribution is -2.43. The van der Waals surface area contributed by atoms with Crippen molar-refractivity contribution >= 4 is 11.6 Å². The topological polar surface area (TPSA) is 59.3 Å². The molecule has 3 aromatic rings. The second-order valence-electron chi connectivity index (χ2n) is 5.82. The van der Waals surface area contributed by atoms with Gasteiger partial charge in [-0.05, 0) is 32.0 Å². The molecule has 2 heterocycles. The van der Waals surface area contributed by atoms with Gasteiger partial charge in [0.15, 0.2) is 5.65 Å². The number of nitrogens with zero attached hydrogens (tertiary/aromatic N) is 3. The highest BCUT2D eigenvalue weighted by atomic mass is 19.4. The average Bonchev–Trinajstić information content (AvgIpc) is 2.98. The first-order chi connectivity index (χ1) is 12.2. The van der Waals surface area contributed by atoms with Crippen molar-refractivity contribution in [3.63, 3.8) is 0 Å². The van der Waals surface area contributed by atoms with Crippen LogP contribution >= 0.6 is 0 Å². The molecule has 2 aromatic heterocycles. The fourth-order valence-electron chi connectivity index (χ4n) is 2.43. The molecular formula is C17H14F4N4O. The predicted octanol–water partition coefficient (Wildman–Crippen LogP) is 3.52. The maximum Gasteiger partial charge on any atom is 0.408 e. The maximum absolute atomic E-state index is 13.5. The van der Waals surface area contributed by atoms with Crippen molar-refractivity contribution in [2.45, 2.75) is 26.1 Å². The van der Waals surface area contributed by atoms with Gasteiger partial charge in [0.1, 0.15) is 17.4 Å². The van der Waals surface area contributed by atoms with Crippen LogP contribution in [-0.2, 0) is 0 Å². The molecule has 0 saturated carbocycles. The van der Waals surface area contributed by atoms with Crippen molar-refractivity contribution < 1.29 is 22.4 Å². The summed E-state index contributed by atoms with van der Waals surface area (Å²) in [6.07, 6.45) is -3.40. The van der Waals surface area contributed by atoms with Gasteiger partial charge in [0.05, 0.1) is 11.9 Å². The number of aryl methyl sites for hydroxylation is 1. The van der Waals surface area contributed by atoms with E-state index < -0.39 is 23.9 Å². The van der Waals surface area contributed by atoms with Gasteiger partial charge >= 0.3 is 6.18 Å². The number of carbonyl (C=O) groups is 1. The molecular weight excluding hydrogens is 352 g/mol. The molecule has 1 amide bonds. The van der Waals surface area contributed by atoms with Crippen LogP contribution in [0.2, 0.25) is 0 Å². The predicted molar refractivity (Wildman–Crippen MR) is 86.1 cm³/mol. The Hall–Kier alpha value is -2.97. The Kier molecular flexibility index (Phi) is 4.39. The zero-order valence-electron chi connectivity index (χ0n) is 13.8. The number of hydrogen-bond donors (Lipinski definition) is 1. The first kappa shape index (κ1) is 17.8. The van der Waals surface area contributed by atoms with Crippen molar-refractivity contribution in [1.29, 1.82) is 0 Å². The smallest absolute Gasteiger partial charge is 0.340 e. The van der Waals surface area contributed by atoms with E-state index in [4.69, 9.17) is 0 Å². The van der Waals surface area contributed by atoms with Crippen LogP contribution in [-0.4, -0.2) is 32.7 Å². The lowest BCUT2D eigenvalue weighted by atomic mass is 10.1. The van der Waals surface area contributed by atoms with Crippen LogP contribution in [0.1, 0.15) is 23.0 Å². The molecule has 0 aliphatic carbocycles. The molecule has 0 aliphatic rings. The Morgan fingerprint density at radius 3 is 2.65 bits per heavy atom. The number of benzene rings is 1. The summed E-state index contributed by atoms with van der Waals surface area (Å²) in [5, 5.41) is 5.88. The number of aromatic nitrogens is 3. The third kappa shape index (κ3) is 3.37. The summed E-state index contributed by atoms with van der Waals surface area (Å²) >= 11 is 0. The van der Waals surface area contributed by atoms with E-state index in [2.05, 4.69) is 10.1 Å². The van der Waals surface area contributed by atoms with E-state index in [0.717, 1.165) is 13.1 Å². The summed E-state index contributed by atoms with van der Waals surface area (Å²) in [6, 6.07) is 5.35. The molecule has 0 saturated heterocycles.